The molecule has 0 unspecified atom stereocenters. The molecule has 1 heterocycles. The van der Waals surface area contributed by atoms with Gasteiger partial charge in [-0.25, -0.2) is 4.79 Å². The van der Waals surface area contributed by atoms with Crippen molar-refractivity contribution in [2.75, 3.05) is 5.43 Å². The first kappa shape index (κ1) is 18.9. The van der Waals surface area contributed by atoms with E-state index in [-0.39, 0.29) is 22.1 Å². The highest BCUT2D eigenvalue weighted by Gasteiger charge is 2.13. The predicted octanol–water partition coefficient (Wildman–Crippen LogP) is 4.06. The Morgan fingerprint density at radius 3 is 2.81 bits per heavy atom. The second kappa shape index (κ2) is 8.20. The van der Waals surface area contributed by atoms with Crippen LogP contribution in [0.4, 0.5) is 5.69 Å². The fraction of sp³-hybridized carbons (Fsp3) is 0.105. The number of benzene rings is 2. The van der Waals surface area contributed by atoms with Gasteiger partial charge in [0.25, 0.3) is 0 Å². The van der Waals surface area contributed by atoms with Gasteiger partial charge in [0.1, 0.15) is 5.15 Å². The Labute approximate surface area is 164 Å². The highest BCUT2D eigenvalue weighted by Crippen LogP contribution is 2.19. The van der Waals surface area contributed by atoms with Crippen LogP contribution >= 0.6 is 22.9 Å². The summed E-state index contributed by atoms with van der Waals surface area (Å²) in [6, 6.07) is 14.1. The lowest BCUT2D eigenvalue weighted by Crippen LogP contribution is -2.14. The van der Waals surface area contributed by atoms with Gasteiger partial charge < -0.3 is 5.11 Å². The van der Waals surface area contributed by atoms with E-state index in [0.29, 0.717) is 10.4 Å². The molecule has 0 aliphatic rings. The van der Waals surface area contributed by atoms with Crippen molar-refractivity contribution in [1.82, 2.24) is 4.57 Å². The van der Waals surface area contributed by atoms with Crippen molar-refractivity contribution in [3.05, 3.63) is 84.9 Å². The van der Waals surface area contributed by atoms with Crippen molar-refractivity contribution in [1.29, 1.82) is 0 Å². The van der Waals surface area contributed by atoms with Crippen LogP contribution in [-0.4, -0.2) is 21.9 Å². The molecule has 3 aromatic rings. The molecule has 27 heavy (non-hydrogen) atoms. The van der Waals surface area contributed by atoms with E-state index in [1.807, 2.05) is 31.2 Å². The van der Waals surface area contributed by atoms with Crippen LogP contribution in [0.1, 0.15) is 26.4 Å². The fourth-order valence-electron chi connectivity index (χ4n) is 2.46. The number of aromatic carboxylic acids is 1. The number of hydrogen-bond donors (Lipinski definition) is 2. The number of thiazole rings is 1. The smallest absolute Gasteiger partial charge is 0.335 e. The van der Waals surface area contributed by atoms with Gasteiger partial charge in [0.2, 0.25) is 0 Å². The maximum atomic E-state index is 12.3. The summed E-state index contributed by atoms with van der Waals surface area (Å²) in [7, 11) is 0. The molecular formula is C19H16ClN3O3S. The van der Waals surface area contributed by atoms with Crippen molar-refractivity contribution < 1.29 is 9.90 Å². The number of rotatable bonds is 6. The van der Waals surface area contributed by atoms with Gasteiger partial charge in [0, 0.05) is 0 Å². The summed E-state index contributed by atoms with van der Waals surface area (Å²) < 4.78 is 1.39. The lowest BCUT2D eigenvalue weighted by Gasteiger charge is -2.05. The number of nitrogens with one attached hydrogen (secondary N) is 1. The maximum absolute atomic E-state index is 12.3. The number of anilines is 1. The van der Waals surface area contributed by atoms with E-state index in [1.54, 1.807) is 12.1 Å². The third kappa shape index (κ3) is 4.45. The first-order valence-corrected chi connectivity index (χ1v) is 9.21. The molecule has 0 fully saturated rings. The number of hydrogen-bond acceptors (Lipinski definition) is 5. The zero-order valence-electron chi connectivity index (χ0n) is 14.3. The number of carbonyl (C=O) groups is 1. The zero-order valence-corrected chi connectivity index (χ0v) is 15.9. The van der Waals surface area contributed by atoms with E-state index in [9.17, 15) is 9.59 Å². The van der Waals surface area contributed by atoms with Crippen LogP contribution in [-0.2, 0) is 6.54 Å². The molecule has 2 N–H and O–H groups in total. The average Bonchev–Trinajstić information content (AvgIpc) is 2.91. The monoisotopic (exact) mass is 401 g/mol. The van der Waals surface area contributed by atoms with Crippen molar-refractivity contribution in [3.63, 3.8) is 0 Å². The molecule has 0 atom stereocenters. The molecule has 0 amide bonds. The van der Waals surface area contributed by atoms with E-state index in [1.165, 1.54) is 22.9 Å². The zero-order chi connectivity index (χ0) is 19.4. The third-order valence-electron chi connectivity index (χ3n) is 3.88. The lowest BCUT2D eigenvalue weighted by molar-refractivity contribution is 0.0696. The van der Waals surface area contributed by atoms with E-state index in [4.69, 9.17) is 16.7 Å². The molecule has 2 aromatic carbocycles. The topological polar surface area (TPSA) is 83.7 Å². The summed E-state index contributed by atoms with van der Waals surface area (Å²) in [5, 5.41) is 13.5. The van der Waals surface area contributed by atoms with Crippen molar-refractivity contribution >= 4 is 40.8 Å². The van der Waals surface area contributed by atoms with E-state index < -0.39 is 5.97 Å². The quantitative estimate of drug-likeness (QED) is 0.482. The van der Waals surface area contributed by atoms with Crippen LogP contribution in [0.2, 0.25) is 5.15 Å². The molecule has 1 aromatic heterocycles. The summed E-state index contributed by atoms with van der Waals surface area (Å²) in [6.07, 6.45) is 1.50. The summed E-state index contributed by atoms with van der Waals surface area (Å²) >= 11 is 7.31. The van der Waals surface area contributed by atoms with Gasteiger partial charge in [-0.15, -0.1) is 0 Å². The normalized spacial score (nSPS) is 11.0. The van der Waals surface area contributed by atoms with Gasteiger partial charge in [0.15, 0.2) is 0 Å². The number of carboxylic acids is 1. The SMILES string of the molecule is Cc1ccccc1N/N=C\c1sc(=O)n(Cc2cccc(C(=O)O)c2)c1Cl. The number of hydrazone groups is 1. The molecule has 0 saturated heterocycles. The maximum Gasteiger partial charge on any atom is 0.335 e. The minimum Gasteiger partial charge on any atom is -0.478 e. The first-order chi connectivity index (χ1) is 13.0. The number of nitrogens with zero attached hydrogens (tertiary/aromatic N) is 2. The molecule has 0 radical (unpaired) electrons. The Kier molecular flexibility index (Phi) is 5.73. The number of aromatic nitrogens is 1. The largest absolute Gasteiger partial charge is 0.478 e. The Bertz CT molecular complexity index is 1070. The molecule has 3 rings (SSSR count). The molecule has 6 nitrogen and oxygen atoms in total. The van der Waals surface area contributed by atoms with Gasteiger partial charge in [-0.2, -0.15) is 5.10 Å². The molecule has 0 spiro atoms. The fourth-order valence-corrected chi connectivity index (χ4v) is 3.57. The number of para-hydroxylation sites is 1. The highest BCUT2D eigenvalue weighted by molar-refractivity contribution is 7.11. The van der Waals surface area contributed by atoms with E-state index >= 15 is 0 Å². The average molecular weight is 402 g/mol. The second-order valence-corrected chi connectivity index (χ2v) is 7.15. The number of carboxylic acid groups (broad SMARTS) is 1. The van der Waals surface area contributed by atoms with Gasteiger partial charge in [-0.05, 0) is 36.2 Å². The molecule has 0 saturated carbocycles. The van der Waals surface area contributed by atoms with Gasteiger partial charge in [-0.3, -0.25) is 14.8 Å². The predicted molar refractivity (Wildman–Crippen MR) is 108 cm³/mol. The van der Waals surface area contributed by atoms with Crippen LogP contribution < -0.4 is 10.3 Å². The van der Waals surface area contributed by atoms with Gasteiger partial charge >= 0.3 is 10.8 Å². The van der Waals surface area contributed by atoms with Crippen LogP contribution in [0.25, 0.3) is 0 Å². The van der Waals surface area contributed by atoms with Crippen molar-refractivity contribution in [3.8, 4) is 0 Å². The molecule has 0 aliphatic carbocycles. The van der Waals surface area contributed by atoms with Gasteiger partial charge in [0.05, 0.1) is 28.9 Å². The molecule has 0 aliphatic heterocycles. The summed E-state index contributed by atoms with van der Waals surface area (Å²) in [4.78, 5) is 23.6. The summed E-state index contributed by atoms with van der Waals surface area (Å²) in [5.74, 6) is -1.02. The Balaban J connectivity index is 1.80. The van der Waals surface area contributed by atoms with Gasteiger partial charge in [-0.1, -0.05) is 53.3 Å². The minimum atomic E-state index is -1.02. The standard InChI is InChI=1S/C19H16ClN3O3S/c1-12-5-2-3-8-15(12)22-21-10-16-17(20)23(19(26)27-16)11-13-6-4-7-14(9-13)18(24)25/h2-10,22H,11H2,1H3,(H,24,25)/b21-10-. The molecule has 138 valence electrons. The van der Waals surface area contributed by atoms with Crippen LogP contribution in [0.5, 0.6) is 0 Å². The van der Waals surface area contributed by atoms with Crippen molar-refractivity contribution in [2.24, 2.45) is 5.10 Å². The third-order valence-corrected chi connectivity index (χ3v) is 5.32. The Morgan fingerprint density at radius 1 is 1.30 bits per heavy atom. The lowest BCUT2D eigenvalue weighted by atomic mass is 10.1. The molecular weight excluding hydrogens is 386 g/mol. The van der Waals surface area contributed by atoms with Crippen molar-refractivity contribution in [2.45, 2.75) is 13.5 Å². The van der Waals surface area contributed by atoms with E-state index in [2.05, 4.69) is 10.5 Å². The summed E-state index contributed by atoms with van der Waals surface area (Å²) in [5.41, 5.74) is 5.68. The summed E-state index contributed by atoms with van der Waals surface area (Å²) in [6.45, 7) is 2.15. The van der Waals surface area contributed by atoms with E-state index in [0.717, 1.165) is 22.6 Å². The highest BCUT2D eigenvalue weighted by atomic mass is 35.5. The molecule has 8 heteroatoms. The minimum absolute atomic E-state index is 0.163. The molecule has 0 bridgehead atoms. The Morgan fingerprint density at radius 2 is 2.07 bits per heavy atom. The van der Waals surface area contributed by atoms with Crippen LogP contribution in [0.3, 0.4) is 0 Å². The van der Waals surface area contributed by atoms with Crippen LogP contribution in [0.15, 0.2) is 58.4 Å². The second-order valence-electron chi connectivity index (χ2n) is 5.80. The first-order valence-electron chi connectivity index (χ1n) is 8.02. The number of aryl methyl sites for hydroxylation is 1. The number of halogens is 1. The Hall–Kier alpha value is -2.90. The van der Waals surface area contributed by atoms with Crippen LogP contribution in [0, 0.1) is 6.92 Å².